The zero-order chi connectivity index (χ0) is 28.5. The van der Waals surface area contributed by atoms with Gasteiger partial charge in [-0.2, -0.15) is 0 Å². The third-order valence-electron chi connectivity index (χ3n) is 5.87. The van der Waals surface area contributed by atoms with Gasteiger partial charge in [0.15, 0.2) is 0 Å². The number of hydrogen-bond acceptors (Lipinski definition) is 5. The molecule has 1 N–H and O–H groups in total. The maximum absolute atomic E-state index is 13.5. The zero-order valence-electron chi connectivity index (χ0n) is 22.0. The van der Waals surface area contributed by atoms with E-state index in [1.807, 2.05) is 13.8 Å². The molecule has 0 heterocycles. The Balaban J connectivity index is 2.26. The van der Waals surface area contributed by atoms with Crippen molar-refractivity contribution in [1.29, 1.82) is 0 Å². The van der Waals surface area contributed by atoms with Crippen LogP contribution < -0.4 is 14.4 Å². The van der Waals surface area contributed by atoms with Crippen LogP contribution in [0, 0.1) is 0 Å². The second-order valence-electron chi connectivity index (χ2n) is 8.73. The minimum absolute atomic E-state index is 0.0126. The van der Waals surface area contributed by atoms with E-state index in [9.17, 15) is 18.0 Å². The van der Waals surface area contributed by atoms with Crippen LogP contribution in [0.1, 0.15) is 45.1 Å². The fourth-order valence-electron chi connectivity index (χ4n) is 3.93. The fraction of sp³-hybridized carbons (Fsp3) is 0.462. The molecule has 2 amide bonds. The largest absolute Gasteiger partial charge is 0.495 e. The van der Waals surface area contributed by atoms with E-state index in [1.165, 1.54) is 22.4 Å². The Hall–Kier alpha value is -2.20. The molecule has 0 bridgehead atoms. The molecule has 0 aliphatic rings. The van der Waals surface area contributed by atoms with E-state index < -0.39 is 16.1 Å². The summed E-state index contributed by atoms with van der Waals surface area (Å²) in [7, 11) is -2.19. The predicted molar refractivity (Wildman–Crippen MR) is 154 cm³/mol. The molecule has 8 nitrogen and oxygen atoms in total. The molecule has 0 fully saturated rings. The Morgan fingerprint density at radius 3 is 2.32 bits per heavy atom. The quantitative estimate of drug-likeness (QED) is 0.305. The van der Waals surface area contributed by atoms with Crippen LogP contribution in [0.2, 0.25) is 15.1 Å². The highest BCUT2D eigenvalue weighted by atomic mass is 35.5. The molecule has 0 aliphatic heterocycles. The van der Waals surface area contributed by atoms with E-state index in [0.717, 1.165) is 12.7 Å². The number of nitrogens with one attached hydrogen (secondary N) is 1. The monoisotopic (exact) mass is 605 g/mol. The summed E-state index contributed by atoms with van der Waals surface area (Å²) >= 11 is 18.6. The maximum Gasteiger partial charge on any atom is 0.242 e. The topological polar surface area (TPSA) is 96.0 Å². The number of halogens is 3. The molecular weight excluding hydrogens is 573 g/mol. The molecule has 0 aliphatic carbocycles. The van der Waals surface area contributed by atoms with Gasteiger partial charge in [0.25, 0.3) is 0 Å². The summed E-state index contributed by atoms with van der Waals surface area (Å²) in [5.41, 5.74) is 1.01. The van der Waals surface area contributed by atoms with Crippen molar-refractivity contribution in [2.24, 2.45) is 0 Å². The maximum atomic E-state index is 13.5. The van der Waals surface area contributed by atoms with Crippen LogP contribution in [0.4, 0.5) is 5.69 Å². The van der Waals surface area contributed by atoms with E-state index in [2.05, 4.69) is 5.32 Å². The van der Waals surface area contributed by atoms with Gasteiger partial charge in [-0.15, -0.1) is 0 Å². The average Bonchev–Trinajstić information content (AvgIpc) is 2.85. The van der Waals surface area contributed by atoms with Gasteiger partial charge >= 0.3 is 0 Å². The number of rotatable bonds is 14. The van der Waals surface area contributed by atoms with Gasteiger partial charge in [-0.1, -0.05) is 54.7 Å². The molecule has 0 saturated carbocycles. The van der Waals surface area contributed by atoms with Crippen molar-refractivity contribution in [3.8, 4) is 5.75 Å². The smallest absolute Gasteiger partial charge is 0.242 e. The normalized spacial score (nSPS) is 12.1. The minimum atomic E-state index is -3.66. The standard InChI is InChI=1S/C26H34Cl3N3O5S/c1-5-13-30-26(34)23(6-2)31(17-18-9-10-19(27)15-21(18)28)25(33)8-7-14-32(38(4,35)36)20-11-12-24(37-3)22(29)16-20/h9-12,15-16,23H,5-8,13-14,17H2,1-4H3,(H,30,34)/t23-/m1/s1. The minimum Gasteiger partial charge on any atom is -0.495 e. The lowest BCUT2D eigenvalue weighted by Crippen LogP contribution is -2.49. The summed E-state index contributed by atoms with van der Waals surface area (Å²) in [5, 5.41) is 3.98. The number of nitrogens with zero attached hydrogens (tertiary/aromatic N) is 2. The van der Waals surface area contributed by atoms with Crippen LogP contribution in [0.25, 0.3) is 0 Å². The first-order valence-corrected chi connectivity index (χ1v) is 15.2. The lowest BCUT2D eigenvalue weighted by Gasteiger charge is -2.31. The Labute approximate surface area is 240 Å². The highest BCUT2D eigenvalue weighted by Gasteiger charge is 2.29. The third kappa shape index (κ3) is 8.93. The number of ether oxygens (including phenoxy) is 1. The molecule has 2 rings (SSSR count). The Morgan fingerprint density at radius 1 is 1.05 bits per heavy atom. The predicted octanol–water partition coefficient (Wildman–Crippen LogP) is 5.54. The van der Waals surface area contributed by atoms with Crippen molar-refractivity contribution in [1.82, 2.24) is 10.2 Å². The molecule has 0 unspecified atom stereocenters. The Morgan fingerprint density at radius 2 is 1.76 bits per heavy atom. The first-order chi connectivity index (χ1) is 17.9. The summed E-state index contributed by atoms with van der Waals surface area (Å²) in [5.74, 6) is -0.128. The third-order valence-corrected chi connectivity index (χ3v) is 7.94. The van der Waals surface area contributed by atoms with Crippen molar-refractivity contribution in [3.63, 3.8) is 0 Å². The molecular formula is C26H34Cl3N3O5S. The molecule has 0 spiro atoms. The number of anilines is 1. The van der Waals surface area contributed by atoms with Crippen molar-refractivity contribution in [2.75, 3.05) is 30.8 Å². The number of amides is 2. The molecule has 210 valence electrons. The highest BCUT2D eigenvalue weighted by molar-refractivity contribution is 7.92. The molecule has 2 aromatic rings. The molecule has 0 aromatic heterocycles. The van der Waals surface area contributed by atoms with Crippen molar-refractivity contribution in [3.05, 3.63) is 57.0 Å². The van der Waals surface area contributed by atoms with E-state index in [1.54, 1.807) is 30.3 Å². The molecule has 2 aromatic carbocycles. The van der Waals surface area contributed by atoms with E-state index >= 15 is 0 Å². The van der Waals surface area contributed by atoms with Crippen LogP contribution in [-0.2, 0) is 26.2 Å². The van der Waals surface area contributed by atoms with Crippen molar-refractivity contribution in [2.45, 2.75) is 52.1 Å². The zero-order valence-corrected chi connectivity index (χ0v) is 25.1. The number of methoxy groups -OCH3 is 1. The van der Waals surface area contributed by atoms with E-state index in [0.29, 0.717) is 40.0 Å². The average molecular weight is 607 g/mol. The van der Waals surface area contributed by atoms with Gasteiger partial charge in [0.1, 0.15) is 11.8 Å². The van der Waals surface area contributed by atoms with Gasteiger partial charge in [-0.25, -0.2) is 8.42 Å². The van der Waals surface area contributed by atoms with Crippen LogP contribution in [-0.4, -0.2) is 57.6 Å². The summed E-state index contributed by atoms with van der Waals surface area (Å²) in [6.45, 7) is 4.42. The first kappa shape index (κ1) is 32.0. The second-order valence-corrected chi connectivity index (χ2v) is 11.9. The van der Waals surface area contributed by atoms with Crippen LogP contribution in [0.15, 0.2) is 36.4 Å². The Bertz CT molecular complexity index is 1230. The molecule has 12 heteroatoms. The van der Waals surface area contributed by atoms with Crippen molar-refractivity contribution >= 4 is 62.3 Å². The van der Waals surface area contributed by atoms with Gasteiger partial charge in [-0.3, -0.25) is 13.9 Å². The first-order valence-electron chi connectivity index (χ1n) is 12.2. The fourth-order valence-corrected chi connectivity index (χ4v) is 5.61. The SMILES string of the molecule is CCCNC(=O)[C@@H](CC)N(Cc1ccc(Cl)cc1Cl)C(=O)CCCN(c1ccc(OC)c(Cl)c1)S(C)(=O)=O. The van der Waals surface area contributed by atoms with E-state index in [4.69, 9.17) is 39.5 Å². The van der Waals surface area contributed by atoms with Gasteiger partial charge in [0.05, 0.1) is 24.1 Å². The Kier molecular flexibility index (Phi) is 12.5. The summed E-state index contributed by atoms with van der Waals surface area (Å²) in [6, 6.07) is 8.94. The molecule has 0 radical (unpaired) electrons. The summed E-state index contributed by atoms with van der Waals surface area (Å²) in [6.07, 6.45) is 2.47. The molecule has 38 heavy (non-hydrogen) atoms. The lowest BCUT2D eigenvalue weighted by molar-refractivity contribution is -0.141. The van der Waals surface area contributed by atoms with Crippen LogP contribution in [0.3, 0.4) is 0 Å². The van der Waals surface area contributed by atoms with Crippen molar-refractivity contribution < 1.29 is 22.7 Å². The number of sulfonamides is 1. The second kappa shape index (κ2) is 14.8. The van der Waals surface area contributed by atoms with Crippen LogP contribution in [0.5, 0.6) is 5.75 Å². The number of hydrogen-bond donors (Lipinski definition) is 1. The van der Waals surface area contributed by atoms with Gasteiger partial charge < -0.3 is 15.0 Å². The van der Waals surface area contributed by atoms with Gasteiger partial charge in [0, 0.05) is 36.1 Å². The van der Waals surface area contributed by atoms with Gasteiger partial charge in [-0.05, 0) is 55.2 Å². The highest BCUT2D eigenvalue weighted by Crippen LogP contribution is 2.30. The van der Waals surface area contributed by atoms with E-state index in [-0.39, 0.29) is 42.8 Å². The molecule has 0 saturated heterocycles. The molecule has 1 atom stereocenters. The summed E-state index contributed by atoms with van der Waals surface area (Å²) in [4.78, 5) is 27.9. The number of carbonyl (C=O) groups excluding carboxylic acids is 2. The summed E-state index contributed by atoms with van der Waals surface area (Å²) < 4.78 is 31.4. The lowest BCUT2D eigenvalue weighted by atomic mass is 10.1. The van der Waals surface area contributed by atoms with Gasteiger partial charge in [0.2, 0.25) is 21.8 Å². The van der Waals surface area contributed by atoms with Crippen LogP contribution >= 0.6 is 34.8 Å². The number of benzene rings is 2. The number of carbonyl (C=O) groups is 2.